The first kappa shape index (κ1) is 7.43. The summed E-state index contributed by atoms with van der Waals surface area (Å²) in [5, 5.41) is 0.342. The zero-order valence-electron chi connectivity index (χ0n) is 5.36. The van der Waals surface area contributed by atoms with Crippen LogP contribution >= 0.6 is 9.24 Å². The summed E-state index contributed by atoms with van der Waals surface area (Å²) < 4.78 is 0. The van der Waals surface area contributed by atoms with E-state index in [1.807, 2.05) is 0 Å². The molecule has 1 radical (unpaired) electrons. The van der Waals surface area contributed by atoms with Gasteiger partial charge < -0.3 is 0 Å². The molecule has 1 atom stereocenters. The maximum atomic E-state index is 2.78. The van der Waals surface area contributed by atoms with Crippen LogP contribution < -0.4 is 0 Å². The summed E-state index contributed by atoms with van der Waals surface area (Å²) in [6, 6.07) is 0. The molecule has 0 spiro atoms. The number of hydrogen-bond acceptors (Lipinski definition) is 0. The zero-order valence-corrected chi connectivity index (χ0v) is 6.52. The Bertz CT molecular complexity index is 42.6. The molecule has 0 nitrogen and oxygen atoms in total. The van der Waals surface area contributed by atoms with Crippen molar-refractivity contribution in [3.8, 4) is 0 Å². The van der Waals surface area contributed by atoms with Gasteiger partial charge in [0.05, 0.1) is 0 Å². The van der Waals surface area contributed by atoms with Crippen molar-refractivity contribution >= 4 is 9.24 Å². The second-order valence-electron chi connectivity index (χ2n) is 2.43. The summed E-state index contributed by atoms with van der Waals surface area (Å²) in [5.74, 6) is 0. The van der Waals surface area contributed by atoms with Crippen LogP contribution in [-0.4, -0.2) is 5.16 Å². The molecule has 0 aliphatic heterocycles. The predicted molar refractivity (Wildman–Crippen MR) is 38.4 cm³/mol. The second-order valence-corrected chi connectivity index (χ2v) is 3.92. The second kappa shape index (κ2) is 2.67. The van der Waals surface area contributed by atoms with Crippen molar-refractivity contribution in [3.63, 3.8) is 0 Å². The Morgan fingerprint density at radius 1 is 1.57 bits per heavy atom. The minimum atomic E-state index is 0.342. The van der Waals surface area contributed by atoms with Crippen molar-refractivity contribution in [2.24, 2.45) is 0 Å². The first-order valence-corrected chi connectivity index (χ1v) is 3.27. The molecule has 0 aromatic rings. The first-order chi connectivity index (χ1) is 3.06. The molecule has 0 aliphatic rings. The van der Waals surface area contributed by atoms with Crippen LogP contribution in [0.1, 0.15) is 27.2 Å². The van der Waals surface area contributed by atoms with E-state index in [-0.39, 0.29) is 0 Å². The number of hydrogen-bond donors (Lipinski definition) is 0. The lowest BCUT2D eigenvalue weighted by Crippen LogP contribution is -2.07. The molecule has 0 saturated carbocycles. The predicted octanol–water partition coefficient (Wildman–Crippen LogP) is 2.25. The van der Waals surface area contributed by atoms with Crippen LogP contribution in [0.3, 0.4) is 0 Å². The summed E-state index contributed by atoms with van der Waals surface area (Å²) in [5.41, 5.74) is 0. The van der Waals surface area contributed by atoms with E-state index in [2.05, 4.69) is 36.4 Å². The maximum absolute atomic E-state index is 2.78. The van der Waals surface area contributed by atoms with Crippen LogP contribution in [0, 0.1) is 6.42 Å². The van der Waals surface area contributed by atoms with Crippen LogP contribution in [0.25, 0.3) is 0 Å². The lowest BCUT2D eigenvalue weighted by Gasteiger charge is -2.14. The van der Waals surface area contributed by atoms with Crippen LogP contribution in [0.4, 0.5) is 0 Å². The molecule has 0 fully saturated rings. The molecule has 0 aliphatic carbocycles. The van der Waals surface area contributed by atoms with Crippen molar-refractivity contribution in [2.45, 2.75) is 32.3 Å². The van der Waals surface area contributed by atoms with Gasteiger partial charge in [-0.05, 0) is 11.6 Å². The Hall–Kier alpha value is 0.430. The van der Waals surface area contributed by atoms with Gasteiger partial charge in [-0.3, -0.25) is 0 Å². The van der Waals surface area contributed by atoms with E-state index in [4.69, 9.17) is 0 Å². The van der Waals surface area contributed by atoms with Gasteiger partial charge in [0.15, 0.2) is 0 Å². The highest BCUT2D eigenvalue weighted by Gasteiger charge is 2.06. The molecular weight excluding hydrogens is 103 g/mol. The van der Waals surface area contributed by atoms with Crippen molar-refractivity contribution in [3.05, 3.63) is 6.42 Å². The molecule has 0 heterocycles. The Labute approximate surface area is 48.9 Å². The van der Waals surface area contributed by atoms with E-state index in [9.17, 15) is 0 Å². The van der Waals surface area contributed by atoms with E-state index in [0.717, 1.165) is 6.42 Å². The quantitative estimate of drug-likeness (QED) is 0.486. The van der Waals surface area contributed by atoms with Crippen LogP contribution in [-0.2, 0) is 0 Å². The third-order valence-electron chi connectivity index (χ3n) is 0.730. The van der Waals surface area contributed by atoms with E-state index in [1.165, 1.54) is 0 Å². The standard InChI is InChI=1S/C6H14P/c1-4-5-6(2,3)7/h5H,4,7H2,1-3H3. The summed E-state index contributed by atoms with van der Waals surface area (Å²) in [6.45, 7) is 6.52. The fourth-order valence-corrected chi connectivity index (χ4v) is 0.762. The minimum absolute atomic E-state index is 0.342. The van der Waals surface area contributed by atoms with Gasteiger partial charge in [0.1, 0.15) is 0 Å². The van der Waals surface area contributed by atoms with Crippen LogP contribution in [0.5, 0.6) is 0 Å². The van der Waals surface area contributed by atoms with Gasteiger partial charge >= 0.3 is 0 Å². The third-order valence-corrected chi connectivity index (χ3v) is 0.966. The maximum Gasteiger partial charge on any atom is -0.0175 e. The Balaban J connectivity index is 3.15. The normalized spacial score (nSPS) is 12.0. The van der Waals surface area contributed by atoms with Gasteiger partial charge in [-0.2, -0.15) is 0 Å². The minimum Gasteiger partial charge on any atom is -0.131 e. The fourth-order valence-electron chi connectivity index (χ4n) is 0.526. The van der Waals surface area contributed by atoms with Gasteiger partial charge in [0.2, 0.25) is 0 Å². The van der Waals surface area contributed by atoms with Crippen molar-refractivity contribution in [1.29, 1.82) is 0 Å². The lowest BCUT2D eigenvalue weighted by atomic mass is 10.1. The third kappa shape index (κ3) is 6.43. The molecule has 0 amide bonds. The van der Waals surface area contributed by atoms with Crippen molar-refractivity contribution in [2.75, 3.05) is 0 Å². The first-order valence-electron chi connectivity index (χ1n) is 2.69. The van der Waals surface area contributed by atoms with Gasteiger partial charge in [-0.1, -0.05) is 27.2 Å². The van der Waals surface area contributed by atoms with Gasteiger partial charge in [0.25, 0.3) is 0 Å². The fraction of sp³-hybridized carbons (Fsp3) is 0.833. The number of rotatable bonds is 2. The van der Waals surface area contributed by atoms with Crippen LogP contribution in [0.2, 0.25) is 0 Å². The SMILES string of the molecule is CC[CH]C(C)(C)P. The monoisotopic (exact) mass is 117 g/mol. The van der Waals surface area contributed by atoms with Crippen molar-refractivity contribution in [1.82, 2.24) is 0 Å². The van der Waals surface area contributed by atoms with Gasteiger partial charge in [-0.15, -0.1) is 9.24 Å². The molecule has 7 heavy (non-hydrogen) atoms. The highest BCUT2D eigenvalue weighted by atomic mass is 31.0. The molecular formula is C6H14P. The Kier molecular flexibility index (Phi) is 2.83. The highest BCUT2D eigenvalue weighted by molar-refractivity contribution is 7.19. The molecule has 1 unspecified atom stereocenters. The average molecular weight is 117 g/mol. The lowest BCUT2D eigenvalue weighted by molar-refractivity contribution is 0.780. The van der Waals surface area contributed by atoms with E-state index >= 15 is 0 Å². The summed E-state index contributed by atoms with van der Waals surface area (Å²) in [7, 11) is 2.78. The Morgan fingerprint density at radius 3 is 2.00 bits per heavy atom. The molecule has 1 heteroatoms. The zero-order chi connectivity index (χ0) is 5.91. The van der Waals surface area contributed by atoms with Crippen molar-refractivity contribution < 1.29 is 0 Å². The van der Waals surface area contributed by atoms with Crippen LogP contribution in [0.15, 0.2) is 0 Å². The summed E-state index contributed by atoms with van der Waals surface area (Å²) in [4.78, 5) is 0. The molecule has 0 rings (SSSR count). The van der Waals surface area contributed by atoms with Gasteiger partial charge in [0, 0.05) is 0 Å². The Morgan fingerprint density at radius 2 is 2.00 bits per heavy atom. The molecule has 0 N–H and O–H groups in total. The molecule has 0 aromatic carbocycles. The summed E-state index contributed by atoms with van der Waals surface area (Å²) >= 11 is 0. The van der Waals surface area contributed by atoms with E-state index in [0.29, 0.717) is 5.16 Å². The summed E-state index contributed by atoms with van der Waals surface area (Å²) in [6.07, 6.45) is 3.44. The molecule has 0 bridgehead atoms. The molecule has 0 saturated heterocycles. The highest BCUT2D eigenvalue weighted by Crippen LogP contribution is 2.20. The average Bonchev–Trinajstić information content (AvgIpc) is 1.30. The largest absolute Gasteiger partial charge is 0.131 e. The smallest absolute Gasteiger partial charge is 0.0175 e. The van der Waals surface area contributed by atoms with E-state index < -0.39 is 0 Å². The molecule has 43 valence electrons. The topological polar surface area (TPSA) is 0 Å². The van der Waals surface area contributed by atoms with E-state index in [1.54, 1.807) is 0 Å². The van der Waals surface area contributed by atoms with Gasteiger partial charge in [-0.25, -0.2) is 0 Å². The molecule has 0 aromatic heterocycles.